The lowest BCUT2D eigenvalue weighted by Gasteiger charge is -2.35. The van der Waals surface area contributed by atoms with Crippen LogP contribution >= 0.6 is 11.6 Å². The quantitative estimate of drug-likeness (QED) is 0.896. The summed E-state index contributed by atoms with van der Waals surface area (Å²) in [6.07, 6.45) is 3.83. The average molecular weight is 253 g/mol. The maximum absolute atomic E-state index is 6.16. The molecule has 17 heavy (non-hydrogen) atoms. The van der Waals surface area contributed by atoms with Crippen molar-refractivity contribution in [1.82, 2.24) is 4.90 Å². The SMILES string of the molecule is Cc1ccc(CN2CCCCC2CN)cc1Cl. The van der Waals surface area contributed by atoms with Gasteiger partial charge in [-0.1, -0.05) is 30.2 Å². The van der Waals surface area contributed by atoms with Crippen LogP contribution in [0, 0.1) is 6.92 Å². The summed E-state index contributed by atoms with van der Waals surface area (Å²) in [5, 5.41) is 0.865. The molecule has 2 N–H and O–H groups in total. The molecule has 1 fully saturated rings. The maximum atomic E-state index is 6.16. The van der Waals surface area contributed by atoms with Crippen LogP contribution in [0.3, 0.4) is 0 Å². The number of nitrogens with zero attached hydrogens (tertiary/aromatic N) is 1. The van der Waals surface area contributed by atoms with Crippen molar-refractivity contribution in [2.24, 2.45) is 5.73 Å². The summed E-state index contributed by atoms with van der Waals surface area (Å²) in [7, 11) is 0. The van der Waals surface area contributed by atoms with E-state index < -0.39 is 0 Å². The third-order valence-electron chi connectivity index (χ3n) is 3.64. The first kappa shape index (κ1) is 12.9. The van der Waals surface area contributed by atoms with E-state index in [1.165, 1.54) is 24.8 Å². The molecule has 1 unspecified atom stereocenters. The molecular formula is C14H21ClN2. The molecule has 2 rings (SSSR count). The maximum Gasteiger partial charge on any atom is 0.0438 e. The van der Waals surface area contributed by atoms with Gasteiger partial charge in [0.25, 0.3) is 0 Å². The highest BCUT2D eigenvalue weighted by Gasteiger charge is 2.20. The standard InChI is InChI=1S/C14H21ClN2/c1-11-5-6-12(8-14(11)15)10-17-7-3-2-4-13(17)9-16/h5-6,8,13H,2-4,7,9-10,16H2,1H3. The largest absolute Gasteiger partial charge is 0.329 e. The van der Waals surface area contributed by atoms with E-state index in [2.05, 4.69) is 23.1 Å². The van der Waals surface area contributed by atoms with Gasteiger partial charge in [-0.3, -0.25) is 4.90 Å². The second-order valence-electron chi connectivity index (χ2n) is 4.94. The Kier molecular flexibility index (Phi) is 4.43. The molecule has 1 atom stereocenters. The summed E-state index contributed by atoms with van der Waals surface area (Å²) < 4.78 is 0. The average Bonchev–Trinajstić information content (AvgIpc) is 2.34. The summed E-state index contributed by atoms with van der Waals surface area (Å²) in [5.41, 5.74) is 8.27. The molecule has 2 nitrogen and oxygen atoms in total. The zero-order chi connectivity index (χ0) is 12.3. The first-order valence-electron chi connectivity index (χ1n) is 6.40. The molecule has 94 valence electrons. The molecule has 3 heteroatoms. The van der Waals surface area contributed by atoms with Crippen LogP contribution in [0.4, 0.5) is 0 Å². The first-order valence-corrected chi connectivity index (χ1v) is 6.77. The van der Waals surface area contributed by atoms with Crippen molar-refractivity contribution in [2.75, 3.05) is 13.1 Å². The van der Waals surface area contributed by atoms with Crippen molar-refractivity contribution in [2.45, 2.75) is 38.8 Å². The van der Waals surface area contributed by atoms with Gasteiger partial charge in [-0.15, -0.1) is 0 Å². The summed E-state index contributed by atoms with van der Waals surface area (Å²) in [6, 6.07) is 6.89. The van der Waals surface area contributed by atoms with E-state index in [-0.39, 0.29) is 0 Å². The summed E-state index contributed by atoms with van der Waals surface area (Å²) in [5.74, 6) is 0. The summed E-state index contributed by atoms with van der Waals surface area (Å²) in [4.78, 5) is 2.49. The van der Waals surface area contributed by atoms with Gasteiger partial charge in [0.2, 0.25) is 0 Å². The number of hydrogen-bond donors (Lipinski definition) is 1. The lowest BCUT2D eigenvalue weighted by atomic mass is 10.0. The highest BCUT2D eigenvalue weighted by molar-refractivity contribution is 6.31. The van der Waals surface area contributed by atoms with Gasteiger partial charge in [0.1, 0.15) is 0 Å². The normalized spacial score (nSPS) is 21.7. The molecule has 0 aromatic heterocycles. The fourth-order valence-electron chi connectivity index (χ4n) is 2.50. The number of hydrogen-bond acceptors (Lipinski definition) is 2. The fraction of sp³-hybridized carbons (Fsp3) is 0.571. The number of nitrogens with two attached hydrogens (primary N) is 1. The van der Waals surface area contributed by atoms with Gasteiger partial charge in [0.15, 0.2) is 0 Å². The fourth-order valence-corrected chi connectivity index (χ4v) is 2.71. The van der Waals surface area contributed by atoms with Crippen molar-refractivity contribution in [3.8, 4) is 0 Å². The van der Waals surface area contributed by atoms with E-state index in [1.807, 2.05) is 6.92 Å². The Morgan fingerprint density at radius 3 is 2.94 bits per heavy atom. The lowest BCUT2D eigenvalue weighted by molar-refractivity contribution is 0.145. The van der Waals surface area contributed by atoms with Crippen LogP contribution in [-0.4, -0.2) is 24.0 Å². The molecule has 0 spiro atoms. The topological polar surface area (TPSA) is 29.3 Å². The predicted octanol–water partition coefficient (Wildman–Crippen LogP) is 2.96. The van der Waals surface area contributed by atoms with E-state index in [4.69, 9.17) is 17.3 Å². The summed E-state index contributed by atoms with van der Waals surface area (Å²) in [6.45, 7) is 4.94. The van der Waals surface area contributed by atoms with E-state index in [0.29, 0.717) is 6.04 Å². The Morgan fingerprint density at radius 2 is 2.24 bits per heavy atom. The van der Waals surface area contributed by atoms with Crippen molar-refractivity contribution < 1.29 is 0 Å². The van der Waals surface area contributed by atoms with Crippen LogP contribution in [0.15, 0.2) is 18.2 Å². The molecular weight excluding hydrogens is 232 g/mol. The van der Waals surface area contributed by atoms with Crippen LogP contribution in [0.2, 0.25) is 5.02 Å². The molecule has 0 saturated carbocycles. The van der Waals surface area contributed by atoms with Gasteiger partial charge in [-0.25, -0.2) is 0 Å². The molecule has 1 aromatic rings. The van der Waals surface area contributed by atoms with Crippen LogP contribution in [0.1, 0.15) is 30.4 Å². The minimum atomic E-state index is 0.545. The molecule has 1 aromatic carbocycles. The molecule has 0 amide bonds. The van der Waals surface area contributed by atoms with Crippen LogP contribution < -0.4 is 5.73 Å². The van der Waals surface area contributed by atoms with E-state index in [1.54, 1.807) is 0 Å². The monoisotopic (exact) mass is 252 g/mol. The van der Waals surface area contributed by atoms with Crippen LogP contribution in [0.5, 0.6) is 0 Å². The molecule has 0 bridgehead atoms. The second kappa shape index (κ2) is 5.85. The van der Waals surface area contributed by atoms with Gasteiger partial charge in [-0.2, -0.15) is 0 Å². The second-order valence-corrected chi connectivity index (χ2v) is 5.35. The molecule has 0 aliphatic carbocycles. The summed E-state index contributed by atoms with van der Waals surface area (Å²) >= 11 is 6.16. The minimum Gasteiger partial charge on any atom is -0.329 e. The number of halogens is 1. The zero-order valence-corrected chi connectivity index (χ0v) is 11.2. The minimum absolute atomic E-state index is 0.545. The molecule has 1 aliphatic heterocycles. The van der Waals surface area contributed by atoms with Crippen LogP contribution in [0.25, 0.3) is 0 Å². The van der Waals surface area contributed by atoms with E-state index >= 15 is 0 Å². The van der Waals surface area contributed by atoms with E-state index in [0.717, 1.165) is 30.2 Å². The highest BCUT2D eigenvalue weighted by atomic mass is 35.5. The van der Waals surface area contributed by atoms with Gasteiger partial charge >= 0.3 is 0 Å². The van der Waals surface area contributed by atoms with Gasteiger partial charge in [0.05, 0.1) is 0 Å². The van der Waals surface area contributed by atoms with Crippen molar-refractivity contribution in [1.29, 1.82) is 0 Å². The third kappa shape index (κ3) is 3.21. The lowest BCUT2D eigenvalue weighted by Crippen LogP contribution is -2.43. The number of benzene rings is 1. The molecule has 1 aliphatic rings. The first-order chi connectivity index (χ1) is 8.20. The molecule has 1 saturated heterocycles. The van der Waals surface area contributed by atoms with Crippen molar-refractivity contribution in [3.05, 3.63) is 34.3 Å². The van der Waals surface area contributed by atoms with Gasteiger partial charge in [-0.05, 0) is 43.5 Å². The number of rotatable bonds is 3. The van der Waals surface area contributed by atoms with Gasteiger partial charge < -0.3 is 5.73 Å². The van der Waals surface area contributed by atoms with Crippen molar-refractivity contribution in [3.63, 3.8) is 0 Å². The number of likely N-dealkylation sites (tertiary alicyclic amines) is 1. The molecule has 1 heterocycles. The highest BCUT2D eigenvalue weighted by Crippen LogP contribution is 2.22. The Bertz CT molecular complexity index is 378. The van der Waals surface area contributed by atoms with Gasteiger partial charge in [0, 0.05) is 24.2 Å². The predicted molar refractivity (Wildman–Crippen MR) is 73.3 cm³/mol. The number of aryl methyl sites for hydroxylation is 1. The molecule has 0 radical (unpaired) electrons. The zero-order valence-electron chi connectivity index (χ0n) is 10.5. The van der Waals surface area contributed by atoms with Crippen molar-refractivity contribution >= 4 is 11.6 Å². The van der Waals surface area contributed by atoms with Crippen LogP contribution in [-0.2, 0) is 6.54 Å². The number of piperidine rings is 1. The smallest absolute Gasteiger partial charge is 0.0438 e. The Morgan fingerprint density at radius 1 is 1.41 bits per heavy atom. The third-order valence-corrected chi connectivity index (χ3v) is 4.05. The Hall–Kier alpha value is -0.570. The Balaban J connectivity index is 2.05. The van der Waals surface area contributed by atoms with E-state index in [9.17, 15) is 0 Å². The Labute approximate surface area is 109 Å².